The Morgan fingerprint density at radius 3 is 2.67 bits per heavy atom. The molecule has 1 N–H and O–H groups in total. The average Bonchev–Trinajstić information content (AvgIpc) is 3.62. The molecule has 40 heavy (non-hydrogen) atoms. The Bertz CT molecular complexity index is 1490. The highest BCUT2D eigenvalue weighted by Gasteiger charge is 2.30. The van der Waals surface area contributed by atoms with E-state index in [1.807, 2.05) is 41.0 Å². The fourth-order valence-electron chi connectivity index (χ4n) is 5.39. The number of nitrogens with zero attached hydrogens (tertiary/aromatic N) is 4. The molecular formula is C30H29ClN4O5. The van der Waals surface area contributed by atoms with Crippen LogP contribution < -0.4 is 9.47 Å². The third-order valence-corrected chi connectivity index (χ3v) is 7.69. The number of benzene rings is 2. The second-order valence-electron chi connectivity index (χ2n) is 9.98. The summed E-state index contributed by atoms with van der Waals surface area (Å²) >= 11 is 6.05. The number of ether oxygens (including phenoxy) is 2. The van der Waals surface area contributed by atoms with Crippen LogP contribution >= 0.6 is 11.6 Å². The zero-order valence-electron chi connectivity index (χ0n) is 21.8. The van der Waals surface area contributed by atoms with E-state index in [0.717, 1.165) is 54.9 Å². The molecule has 1 fully saturated rings. The molecule has 0 spiro atoms. The highest BCUT2D eigenvalue weighted by atomic mass is 35.5. The maximum absolute atomic E-state index is 11.1. The Morgan fingerprint density at radius 1 is 1.10 bits per heavy atom. The molecule has 2 aliphatic heterocycles. The van der Waals surface area contributed by atoms with Crippen molar-refractivity contribution >= 4 is 23.6 Å². The van der Waals surface area contributed by atoms with Gasteiger partial charge in [0, 0.05) is 16.7 Å². The third kappa shape index (κ3) is 5.76. The third-order valence-electron chi connectivity index (χ3n) is 7.43. The Balaban J connectivity index is 1.12. The molecule has 0 saturated carbocycles. The monoisotopic (exact) mass is 560 g/mol. The highest BCUT2D eigenvalue weighted by molar-refractivity contribution is 6.30. The zero-order chi connectivity index (χ0) is 27.5. The molecule has 1 atom stereocenters. The molecule has 0 bridgehead atoms. The standard InChI is InChI=1S/C30H29ClN4O5/c31-22-6-4-21(5-7-22)26-19-39-30-24(2-1-3-25(30)40-26)20-10-13-34(14-11-20)17-27-33-16-23(8-9-29(36)37)35(27)18-28-32-12-15-38-28/h1-9,12,15-16,20,26H,10-11,13-14,17-19H2,(H,36,37)/b9-8+/t26-/m0/s1. The van der Waals surface area contributed by atoms with Crippen LogP contribution in [0.15, 0.2) is 71.6 Å². The predicted molar refractivity (Wildman–Crippen MR) is 149 cm³/mol. The van der Waals surface area contributed by atoms with E-state index in [0.29, 0.717) is 42.2 Å². The van der Waals surface area contributed by atoms with Crippen LogP contribution in [0.2, 0.25) is 5.02 Å². The number of piperidine rings is 1. The number of hydrogen-bond donors (Lipinski definition) is 1. The molecule has 2 aliphatic rings. The first-order valence-corrected chi connectivity index (χ1v) is 13.7. The van der Waals surface area contributed by atoms with Crippen molar-refractivity contribution in [2.45, 2.75) is 38.0 Å². The van der Waals surface area contributed by atoms with Crippen LogP contribution in [-0.2, 0) is 17.9 Å². The normalized spacial score (nSPS) is 17.9. The van der Waals surface area contributed by atoms with E-state index in [9.17, 15) is 4.79 Å². The number of halogens is 1. The van der Waals surface area contributed by atoms with Gasteiger partial charge in [-0.05, 0) is 61.7 Å². The molecule has 1 saturated heterocycles. The van der Waals surface area contributed by atoms with Gasteiger partial charge in [0.15, 0.2) is 17.6 Å². The molecule has 0 unspecified atom stereocenters. The molecule has 0 amide bonds. The quantitative estimate of drug-likeness (QED) is 0.279. The number of oxazole rings is 1. The minimum atomic E-state index is -1.01. The number of fused-ring (bicyclic) bond motifs is 1. The van der Waals surface area contributed by atoms with Crippen molar-refractivity contribution in [2.24, 2.45) is 0 Å². The largest absolute Gasteiger partial charge is 0.485 e. The summed E-state index contributed by atoms with van der Waals surface area (Å²) in [5.74, 6) is 2.36. The molecule has 206 valence electrons. The van der Waals surface area contributed by atoms with Gasteiger partial charge < -0.3 is 23.6 Å². The van der Waals surface area contributed by atoms with Gasteiger partial charge in [0.25, 0.3) is 0 Å². The number of carbonyl (C=O) groups is 1. The number of likely N-dealkylation sites (tertiary alicyclic amines) is 1. The number of hydrogen-bond acceptors (Lipinski definition) is 7. The van der Waals surface area contributed by atoms with E-state index in [1.54, 1.807) is 18.5 Å². The molecule has 0 radical (unpaired) electrons. The van der Waals surface area contributed by atoms with Crippen LogP contribution in [-0.4, -0.2) is 50.2 Å². The first kappa shape index (κ1) is 26.2. The maximum atomic E-state index is 11.1. The van der Waals surface area contributed by atoms with Gasteiger partial charge in [-0.25, -0.2) is 14.8 Å². The summed E-state index contributed by atoms with van der Waals surface area (Å²) in [6.07, 6.45) is 9.26. The average molecular weight is 561 g/mol. The summed E-state index contributed by atoms with van der Waals surface area (Å²) < 4.78 is 20.0. The van der Waals surface area contributed by atoms with Crippen molar-refractivity contribution in [3.05, 3.63) is 101 Å². The smallest absolute Gasteiger partial charge is 0.328 e. The lowest BCUT2D eigenvalue weighted by Crippen LogP contribution is -2.34. The Hall–Kier alpha value is -4.08. The number of aliphatic carboxylic acids is 1. The van der Waals surface area contributed by atoms with Crippen molar-refractivity contribution < 1.29 is 23.8 Å². The van der Waals surface area contributed by atoms with E-state index in [-0.39, 0.29) is 6.10 Å². The second kappa shape index (κ2) is 11.6. The lowest BCUT2D eigenvalue weighted by atomic mass is 9.88. The van der Waals surface area contributed by atoms with Crippen LogP contribution in [0.1, 0.15) is 53.4 Å². The summed E-state index contributed by atoms with van der Waals surface area (Å²) in [5.41, 5.74) is 2.92. The Labute approximate surface area is 236 Å². The van der Waals surface area contributed by atoms with Gasteiger partial charge in [0.2, 0.25) is 5.89 Å². The summed E-state index contributed by atoms with van der Waals surface area (Å²) in [6, 6.07) is 13.8. The number of aromatic nitrogens is 3. The number of para-hydroxylation sites is 1. The SMILES string of the molecule is O=C(O)/C=C/c1cnc(CN2CCC(c3cccc4c3OC[C@@H](c3ccc(Cl)cc3)O4)CC2)n1Cc1ncco1. The lowest BCUT2D eigenvalue weighted by Gasteiger charge is -2.34. The summed E-state index contributed by atoms with van der Waals surface area (Å²) in [7, 11) is 0. The molecule has 2 aromatic heterocycles. The molecule has 6 rings (SSSR count). The molecule has 0 aliphatic carbocycles. The lowest BCUT2D eigenvalue weighted by molar-refractivity contribution is -0.131. The van der Waals surface area contributed by atoms with Crippen LogP contribution in [0.25, 0.3) is 6.08 Å². The minimum Gasteiger partial charge on any atom is -0.485 e. The van der Waals surface area contributed by atoms with Crippen LogP contribution in [0.5, 0.6) is 11.5 Å². The fraction of sp³-hybridized carbons (Fsp3) is 0.300. The van der Waals surface area contributed by atoms with Crippen molar-refractivity contribution in [3.63, 3.8) is 0 Å². The van der Waals surface area contributed by atoms with Gasteiger partial charge in [0.05, 0.1) is 24.6 Å². The summed E-state index contributed by atoms with van der Waals surface area (Å²) in [6.45, 7) is 3.27. The molecular weight excluding hydrogens is 532 g/mol. The summed E-state index contributed by atoms with van der Waals surface area (Å²) in [5, 5.41) is 9.78. The second-order valence-corrected chi connectivity index (χ2v) is 10.4. The van der Waals surface area contributed by atoms with Crippen LogP contribution in [0.3, 0.4) is 0 Å². The highest BCUT2D eigenvalue weighted by Crippen LogP contribution is 2.44. The molecule has 4 aromatic rings. The van der Waals surface area contributed by atoms with E-state index in [4.69, 9.17) is 30.6 Å². The Kier molecular flexibility index (Phi) is 7.57. The van der Waals surface area contributed by atoms with Gasteiger partial charge in [-0.15, -0.1) is 0 Å². The maximum Gasteiger partial charge on any atom is 0.328 e. The van der Waals surface area contributed by atoms with E-state index in [1.165, 1.54) is 11.8 Å². The number of carboxylic acids is 1. The first-order valence-electron chi connectivity index (χ1n) is 13.3. The van der Waals surface area contributed by atoms with Crippen LogP contribution in [0, 0.1) is 0 Å². The van der Waals surface area contributed by atoms with E-state index < -0.39 is 5.97 Å². The minimum absolute atomic E-state index is 0.169. The van der Waals surface area contributed by atoms with Crippen LogP contribution in [0.4, 0.5) is 0 Å². The molecule has 10 heteroatoms. The van der Waals surface area contributed by atoms with E-state index in [2.05, 4.69) is 20.9 Å². The van der Waals surface area contributed by atoms with Gasteiger partial charge in [-0.2, -0.15) is 0 Å². The molecule has 9 nitrogen and oxygen atoms in total. The topological polar surface area (TPSA) is 103 Å². The van der Waals surface area contributed by atoms with Crippen molar-refractivity contribution in [1.82, 2.24) is 19.4 Å². The van der Waals surface area contributed by atoms with Gasteiger partial charge in [0.1, 0.15) is 25.2 Å². The zero-order valence-corrected chi connectivity index (χ0v) is 22.5. The molecule has 2 aromatic carbocycles. The van der Waals surface area contributed by atoms with Gasteiger partial charge >= 0.3 is 5.97 Å². The molecule has 4 heterocycles. The summed E-state index contributed by atoms with van der Waals surface area (Å²) in [4.78, 5) is 22.3. The van der Waals surface area contributed by atoms with Gasteiger partial charge in [-0.1, -0.05) is 35.9 Å². The predicted octanol–water partition coefficient (Wildman–Crippen LogP) is 5.56. The first-order chi connectivity index (χ1) is 19.5. The fourth-order valence-corrected chi connectivity index (χ4v) is 5.51. The number of imidazole rings is 1. The number of carboxylic acid groups (broad SMARTS) is 1. The Morgan fingerprint density at radius 2 is 1.93 bits per heavy atom. The van der Waals surface area contributed by atoms with E-state index >= 15 is 0 Å². The van der Waals surface area contributed by atoms with Crippen molar-refractivity contribution in [1.29, 1.82) is 0 Å². The number of rotatable bonds is 8. The van der Waals surface area contributed by atoms with Crippen molar-refractivity contribution in [2.75, 3.05) is 19.7 Å². The van der Waals surface area contributed by atoms with Crippen molar-refractivity contribution in [3.8, 4) is 11.5 Å². The van der Waals surface area contributed by atoms with Gasteiger partial charge in [-0.3, -0.25) is 4.90 Å².